The van der Waals surface area contributed by atoms with Gasteiger partial charge in [-0.3, -0.25) is 0 Å². The normalized spacial score (nSPS) is 18.7. The maximum Gasteiger partial charge on any atom is 0.0995 e. The average molecular weight is 200 g/mol. The van der Waals surface area contributed by atoms with Crippen molar-refractivity contribution < 1.29 is 0 Å². The minimum Gasteiger partial charge on any atom is -0.324 e. The fourth-order valence-corrected chi connectivity index (χ4v) is 2.46. The van der Waals surface area contributed by atoms with Gasteiger partial charge in [0.2, 0.25) is 0 Å². The van der Waals surface area contributed by atoms with Crippen LogP contribution < -0.4 is 5.73 Å². The van der Waals surface area contributed by atoms with Gasteiger partial charge >= 0.3 is 0 Å². The first-order valence-electron chi connectivity index (χ1n) is 5.57. The van der Waals surface area contributed by atoms with Gasteiger partial charge in [-0.05, 0) is 30.4 Å². The zero-order valence-corrected chi connectivity index (χ0v) is 8.82. The van der Waals surface area contributed by atoms with Crippen LogP contribution in [0.15, 0.2) is 24.3 Å². The second-order valence-corrected chi connectivity index (χ2v) is 4.27. The molecule has 0 saturated heterocycles. The van der Waals surface area contributed by atoms with Gasteiger partial charge in [0.1, 0.15) is 0 Å². The Bertz CT molecular complexity index is 372. The number of hydrogen-bond acceptors (Lipinski definition) is 2. The van der Waals surface area contributed by atoms with Crippen molar-refractivity contribution in [3.05, 3.63) is 35.4 Å². The molecule has 1 aromatic carbocycles. The van der Waals surface area contributed by atoms with E-state index in [1.54, 1.807) is 0 Å². The van der Waals surface area contributed by atoms with Crippen molar-refractivity contribution in [1.29, 1.82) is 5.26 Å². The van der Waals surface area contributed by atoms with Crippen LogP contribution in [0.5, 0.6) is 0 Å². The Morgan fingerprint density at radius 2 is 1.93 bits per heavy atom. The maximum absolute atomic E-state index is 9.00. The highest BCUT2D eigenvalue weighted by Gasteiger charge is 2.24. The summed E-state index contributed by atoms with van der Waals surface area (Å²) in [5.41, 5.74) is 7.98. The van der Waals surface area contributed by atoms with Crippen LogP contribution in [0.2, 0.25) is 0 Å². The van der Waals surface area contributed by atoms with E-state index in [1.807, 2.05) is 24.3 Å². The molecule has 2 heteroatoms. The van der Waals surface area contributed by atoms with Gasteiger partial charge in [0.15, 0.2) is 0 Å². The van der Waals surface area contributed by atoms with E-state index in [2.05, 4.69) is 6.07 Å². The monoisotopic (exact) mass is 200 g/mol. The summed E-state index contributed by atoms with van der Waals surface area (Å²) in [6, 6.07) is 9.96. The first kappa shape index (κ1) is 10.2. The van der Waals surface area contributed by atoms with E-state index in [-0.39, 0.29) is 6.04 Å². The van der Waals surface area contributed by atoms with Crippen molar-refractivity contribution in [2.45, 2.75) is 31.7 Å². The predicted molar refractivity (Wildman–Crippen MR) is 60.0 cm³/mol. The van der Waals surface area contributed by atoms with Gasteiger partial charge in [0.25, 0.3) is 0 Å². The van der Waals surface area contributed by atoms with Gasteiger partial charge in [-0.2, -0.15) is 5.26 Å². The van der Waals surface area contributed by atoms with Gasteiger partial charge in [-0.25, -0.2) is 0 Å². The summed E-state index contributed by atoms with van der Waals surface area (Å²) in [7, 11) is 0. The molecule has 1 aliphatic carbocycles. The summed E-state index contributed by atoms with van der Waals surface area (Å²) in [5.74, 6) is 0.569. The highest BCUT2D eigenvalue weighted by molar-refractivity contribution is 5.39. The number of nitriles is 1. The zero-order chi connectivity index (χ0) is 10.7. The molecule has 15 heavy (non-hydrogen) atoms. The lowest BCUT2D eigenvalue weighted by atomic mass is 9.90. The minimum absolute atomic E-state index is 0.0448. The van der Waals surface area contributed by atoms with E-state index < -0.39 is 0 Å². The van der Waals surface area contributed by atoms with Crippen molar-refractivity contribution in [3.8, 4) is 6.07 Å². The molecule has 2 N–H and O–H groups in total. The summed E-state index contributed by atoms with van der Waals surface area (Å²) in [6.07, 6.45) is 4.99. The first-order valence-corrected chi connectivity index (χ1v) is 5.57. The molecule has 0 aromatic heterocycles. The molecule has 1 fully saturated rings. The second kappa shape index (κ2) is 4.46. The molecule has 1 aromatic rings. The van der Waals surface area contributed by atoms with Gasteiger partial charge in [0, 0.05) is 6.04 Å². The summed E-state index contributed by atoms with van der Waals surface area (Å²) < 4.78 is 0. The van der Waals surface area contributed by atoms with Gasteiger partial charge in [-0.1, -0.05) is 31.0 Å². The molecule has 0 heterocycles. The molecule has 2 nitrogen and oxygen atoms in total. The summed E-state index contributed by atoms with van der Waals surface area (Å²) in [4.78, 5) is 0. The van der Waals surface area contributed by atoms with E-state index in [1.165, 1.54) is 25.7 Å². The van der Waals surface area contributed by atoms with Crippen LogP contribution in [0.1, 0.15) is 42.9 Å². The molecule has 0 radical (unpaired) electrons. The Labute approximate surface area is 90.7 Å². The maximum atomic E-state index is 9.00. The van der Waals surface area contributed by atoms with Crippen molar-refractivity contribution in [2.75, 3.05) is 0 Å². The largest absolute Gasteiger partial charge is 0.324 e. The highest BCUT2D eigenvalue weighted by atomic mass is 14.7. The predicted octanol–water partition coefficient (Wildman–Crippen LogP) is 2.75. The number of hydrogen-bond donors (Lipinski definition) is 1. The molecule has 1 aliphatic rings. The third-order valence-corrected chi connectivity index (χ3v) is 3.35. The topological polar surface area (TPSA) is 49.8 Å². The summed E-state index contributed by atoms with van der Waals surface area (Å²) >= 11 is 0. The molecule has 1 atom stereocenters. The Morgan fingerprint density at radius 3 is 2.60 bits per heavy atom. The second-order valence-electron chi connectivity index (χ2n) is 4.27. The zero-order valence-electron chi connectivity index (χ0n) is 8.82. The quantitative estimate of drug-likeness (QED) is 0.798. The molecular weight excluding hydrogens is 184 g/mol. The number of nitrogens with two attached hydrogens (primary N) is 1. The summed E-state index contributed by atoms with van der Waals surface area (Å²) in [5, 5.41) is 9.00. The van der Waals surface area contributed by atoms with E-state index in [9.17, 15) is 0 Å². The molecule has 78 valence electrons. The lowest BCUT2D eigenvalue weighted by Crippen LogP contribution is -2.20. The molecule has 2 rings (SSSR count). The van der Waals surface area contributed by atoms with Crippen LogP contribution in [-0.2, 0) is 0 Å². The third kappa shape index (κ3) is 2.03. The van der Waals surface area contributed by atoms with Crippen LogP contribution in [-0.4, -0.2) is 0 Å². The summed E-state index contributed by atoms with van der Waals surface area (Å²) in [6.45, 7) is 0. The van der Waals surface area contributed by atoms with Crippen molar-refractivity contribution in [2.24, 2.45) is 11.7 Å². The Morgan fingerprint density at radius 1 is 1.27 bits per heavy atom. The van der Waals surface area contributed by atoms with E-state index in [4.69, 9.17) is 11.0 Å². The Kier molecular flexibility index (Phi) is 3.03. The highest BCUT2D eigenvalue weighted by Crippen LogP contribution is 2.34. The SMILES string of the molecule is N#Cc1ccccc1[C@@H](N)C1CCCC1. The van der Waals surface area contributed by atoms with Gasteiger partial charge in [-0.15, -0.1) is 0 Å². The average Bonchev–Trinajstić information content (AvgIpc) is 2.81. The lowest BCUT2D eigenvalue weighted by molar-refractivity contribution is 0.444. The Hall–Kier alpha value is -1.33. The van der Waals surface area contributed by atoms with Gasteiger partial charge < -0.3 is 5.73 Å². The Balaban J connectivity index is 2.24. The van der Waals surface area contributed by atoms with E-state index in [0.29, 0.717) is 5.92 Å². The van der Waals surface area contributed by atoms with Crippen molar-refractivity contribution >= 4 is 0 Å². The van der Waals surface area contributed by atoms with Crippen molar-refractivity contribution in [1.82, 2.24) is 0 Å². The molecule has 0 aliphatic heterocycles. The fraction of sp³-hybridized carbons (Fsp3) is 0.462. The van der Waals surface area contributed by atoms with Crippen LogP contribution in [0, 0.1) is 17.2 Å². The lowest BCUT2D eigenvalue weighted by Gasteiger charge is -2.20. The van der Waals surface area contributed by atoms with E-state index in [0.717, 1.165) is 11.1 Å². The van der Waals surface area contributed by atoms with Crippen LogP contribution in [0.3, 0.4) is 0 Å². The fourth-order valence-electron chi connectivity index (χ4n) is 2.46. The number of rotatable bonds is 2. The number of benzene rings is 1. The molecule has 0 bridgehead atoms. The smallest absolute Gasteiger partial charge is 0.0995 e. The van der Waals surface area contributed by atoms with E-state index >= 15 is 0 Å². The molecule has 1 saturated carbocycles. The standard InChI is InChI=1S/C13H16N2/c14-9-11-7-3-4-8-12(11)13(15)10-5-1-2-6-10/h3-4,7-8,10,13H,1-2,5-6,15H2/t13-/m0/s1. The molecular formula is C13H16N2. The van der Waals surface area contributed by atoms with Crippen LogP contribution in [0.25, 0.3) is 0 Å². The third-order valence-electron chi connectivity index (χ3n) is 3.35. The van der Waals surface area contributed by atoms with Crippen LogP contribution in [0.4, 0.5) is 0 Å². The first-order chi connectivity index (χ1) is 7.33. The molecule has 0 amide bonds. The molecule has 0 unspecified atom stereocenters. The van der Waals surface area contributed by atoms with Gasteiger partial charge in [0.05, 0.1) is 11.6 Å². The van der Waals surface area contributed by atoms with Crippen molar-refractivity contribution in [3.63, 3.8) is 0 Å². The van der Waals surface area contributed by atoms with Crippen LogP contribution >= 0.6 is 0 Å². The minimum atomic E-state index is 0.0448. The number of nitrogens with zero attached hydrogens (tertiary/aromatic N) is 1. The molecule has 0 spiro atoms.